The Hall–Kier alpha value is -1.42. The minimum Gasteiger partial charge on any atom is -0.378 e. The third-order valence-corrected chi connectivity index (χ3v) is 2.47. The molecule has 0 spiro atoms. The molecule has 0 aliphatic carbocycles. The van der Waals surface area contributed by atoms with Crippen molar-refractivity contribution in [1.29, 1.82) is 0 Å². The second-order valence-electron chi connectivity index (χ2n) is 3.08. The topological polar surface area (TPSA) is 37.8 Å². The van der Waals surface area contributed by atoms with Crippen LogP contribution in [0.1, 0.15) is 11.3 Å². The Balaban J connectivity index is 1.98. The maximum atomic E-state index is 4.19. The van der Waals surface area contributed by atoms with Crippen molar-refractivity contribution in [2.24, 2.45) is 0 Å². The van der Waals surface area contributed by atoms with E-state index in [9.17, 15) is 0 Å². The summed E-state index contributed by atoms with van der Waals surface area (Å²) in [6.07, 6.45) is 3.66. The maximum absolute atomic E-state index is 4.19. The van der Waals surface area contributed by atoms with Crippen LogP contribution in [0.4, 0.5) is 5.69 Å². The molecule has 0 fully saturated rings. The molecule has 2 aromatic heterocycles. The quantitative estimate of drug-likeness (QED) is 0.836. The van der Waals surface area contributed by atoms with Crippen molar-refractivity contribution in [3.63, 3.8) is 0 Å². The van der Waals surface area contributed by atoms with Crippen LogP contribution < -0.4 is 5.32 Å². The lowest BCUT2D eigenvalue weighted by molar-refractivity contribution is 1.07. The molecule has 0 saturated heterocycles. The van der Waals surface area contributed by atoms with Crippen LogP contribution in [0.5, 0.6) is 0 Å². The van der Waals surface area contributed by atoms with E-state index in [0.717, 1.165) is 23.5 Å². The Morgan fingerprint density at radius 2 is 2.36 bits per heavy atom. The van der Waals surface area contributed by atoms with Gasteiger partial charge in [-0.3, -0.25) is 4.98 Å². The van der Waals surface area contributed by atoms with Crippen LogP contribution in [-0.4, -0.2) is 9.97 Å². The molecular weight excluding hydrogens is 194 g/mol. The third kappa shape index (κ3) is 2.29. The van der Waals surface area contributed by atoms with E-state index < -0.39 is 0 Å². The first kappa shape index (κ1) is 9.15. The van der Waals surface area contributed by atoms with Gasteiger partial charge in [-0.05, 0) is 18.6 Å². The average Bonchev–Trinajstić information content (AvgIpc) is 2.67. The standard InChI is InChI=1S/C10H11N3S/c1-8-2-9(4-11-3-8)12-5-10-6-14-7-13-10/h2-4,6-7,12H,5H2,1H3. The van der Waals surface area contributed by atoms with E-state index in [0.29, 0.717) is 0 Å². The largest absolute Gasteiger partial charge is 0.378 e. The normalized spacial score (nSPS) is 10.1. The fraction of sp³-hybridized carbons (Fsp3) is 0.200. The van der Waals surface area contributed by atoms with E-state index in [-0.39, 0.29) is 0 Å². The number of hydrogen-bond acceptors (Lipinski definition) is 4. The lowest BCUT2D eigenvalue weighted by Crippen LogP contribution is -1.99. The molecule has 0 amide bonds. The van der Waals surface area contributed by atoms with E-state index in [4.69, 9.17) is 0 Å². The van der Waals surface area contributed by atoms with Crippen LogP contribution in [0.2, 0.25) is 0 Å². The lowest BCUT2D eigenvalue weighted by Gasteiger charge is -2.03. The number of aryl methyl sites for hydroxylation is 1. The molecule has 0 bridgehead atoms. The first-order valence-electron chi connectivity index (χ1n) is 4.37. The summed E-state index contributed by atoms with van der Waals surface area (Å²) < 4.78 is 0. The summed E-state index contributed by atoms with van der Waals surface area (Å²) in [6.45, 7) is 2.79. The molecule has 1 N–H and O–H groups in total. The van der Waals surface area contributed by atoms with E-state index >= 15 is 0 Å². The molecule has 0 saturated carbocycles. The average molecular weight is 205 g/mol. The van der Waals surface area contributed by atoms with Crippen LogP contribution in [0.25, 0.3) is 0 Å². The number of thiazole rings is 1. The summed E-state index contributed by atoms with van der Waals surface area (Å²) in [6, 6.07) is 2.07. The molecule has 0 radical (unpaired) electrons. The lowest BCUT2D eigenvalue weighted by atomic mass is 10.3. The van der Waals surface area contributed by atoms with Gasteiger partial charge >= 0.3 is 0 Å². The van der Waals surface area contributed by atoms with Crippen molar-refractivity contribution in [2.45, 2.75) is 13.5 Å². The van der Waals surface area contributed by atoms with Crippen molar-refractivity contribution < 1.29 is 0 Å². The van der Waals surface area contributed by atoms with E-state index in [2.05, 4.69) is 21.4 Å². The van der Waals surface area contributed by atoms with Crippen LogP contribution >= 0.6 is 11.3 Å². The fourth-order valence-electron chi connectivity index (χ4n) is 1.17. The van der Waals surface area contributed by atoms with Gasteiger partial charge in [-0.1, -0.05) is 0 Å². The summed E-state index contributed by atoms with van der Waals surface area (Å²) in [5.41, 5.74) is 5.11. The molecule has 2 rings (SSSR count). The molecule has 14 heavy (non-hydrogen) atoms. The number of hydrogen-bond donors (Lipinski definition) is 1. The molecule has 0 unspecified atom stereocenters. The smallest absolute Gasteiger partial charge is 0.0795 e. The van der Waals surface area contributed by atoms with Gasteiger partial charge in [0.1, 0.15) is 0 Å². The molecule has 0 aliphatic heterocycles. The van der Waals surface area contributed by atoms with Crippen LogP contribution in [0.15, 0.2) is 29.4 Å². The summed E-state index contributed by atoms with van der Waals surface area (Å²) in [5, 5.41) is 5.31. The number of pyridine rings is 1. The number of nitrogens with zero attached hydrogens (tertiary/aromatic N) is 2. The Bertz CT molecular complexity index is 398. The van der Waals surface area contributed by atoms with Crippen molar-refractivity contribution >= 4 is 17.0 Å². The summed E-state index contributed by atoms with van der Waals surface area (Å²) in [7, 11) is 0. The highest BCUT2D eigenvalue weighted by molar-refractivity contribution is 7.07. The van der Waals surface area contributed by atoms with Gasteiger partial charge in [0.2, 0.25) is 0 Å². The molecule has 0 aliphatic rings. The Kier molecular flexibility index (Phi) is 2.74. The van der Waals surface area contributed by atoms with Gasteiger partial charge in [-0.2, -0.15) is 0 Å². The number of anilines is 1. The molecule has 4 heteroatoms. The molecule has 0 atom stereocenters. The number of aromatic nitrogens is 2. The Labute approximate surface area is 86.8 Å². The second kappa shape index (κ2) is 4.19. The molecular formula is C10H11N3S. The van der Waals surface area contributed by atoms with Gasteiger partial charge in [0.15, 0.2) is 0 Å². The van der Waals surface area contributed by atoms with Gasteiger partial charge in [0.25, 0.3) is 0 Å². The van der Waals surface area contributed by atoms with Gasteiger partial charge in [0, 0.05) is 17.8 Å². The number of nitrogens with one attached hydrogen (secondary N) is 1. The minimum absolute atomic E-state index is 0.759. The fourth-order valence-corrected chi connectivity index (χ4v) is 1.73. The molecule has 2 aromatic rings. The summed E-state index contributed by atoms with van der Waals surface area (Å²) >= 11 is 1.61. The highest BCUT2D eigenvalue weighted by Crippen LogP contribution is 2.09. The predicted octanol–water partition coefficient (Wildman–Crippen LogP) is 2.46. The summed E-state index contributed by atoms with van der Waals surface area (Å²) in [4.78, 5) is 8.29. The zero-order valence-electron chi connectivity index (χ0n) is 7.90. The second-order valence-corrected chi connectivity index (χ2v) is 3.80. The third-order valence-electron chi connectivity index (χ3n) is 1.83. The zero-order valence-corrected chi connectivity index (χ0v) is 8.71. The van der Waals surface area contributed by atoms with Crippen molar-refractivity contribution in [3.05, 3.63) is 40.6 Å². The van der Waals surface area contributed by atoms with Crippen molar-refractivity contribution in [1.82, 2.24) is 9.97 Å². The van der Waals surface area contributed by atoms with Crippen LogP contribution in [-0.2, 0) is 6.54 Å². The highest BCUT2D eigenvalue weighted by Gasteiger charge is 1.95. The van der Waals surface area contributed by atoms with Gasteiger partial charge in [0.05, 0.1) is 23.4 Å². The zero-order chi connectivity index (χ0) is 9.80. The maximum Gasteiger partial charge on any atom is 0.0795 e. The van der Waals surface area contributed by atoms with E-state index in [1.807, 2.05) is 30.2 Å². The van der Waals surface area contributed by atoms with Crippen molar-refractivity contribution in [3.8, 4) is 0 Å². The van der Waals surface area contributed by atoms with Gasteiger partial charge < -0.3 is 5.32 Å². The Morgan fingerprint density at radius 3 is 3.07 bits per heavy atom. The summed E-state index contributed by atoms with van der Waals surface area (Å²) in [5.74, 6) is 0. The minimum atomic E-state index is 0.759. The van der Waals surface area contributed by atoms with Gasteiger partial charge in [-0.15, -0.1) is 11.3 Å². The molecule has 3 nitrogen and oxygen atoms in total. The Morgan fingerprint density at radius 1 is 1.43 bits per heavy atom. The van der Waals surface area contributed by atoms with Crippen LogP contribution in [0, 0.1) is 6.92 Å². The predicted molar refractivity (Wildman–Crippen MR) is 58.4 cm³/mol. The van der Waals surface area contributed by atoms with E-state index in [1.54, 1.807) is 11.3 Å². The first-order chi connectivity index (χ1) is 6.84. The SMILES string of the molecule is Cc1cncc(NCc2cscn2)c1. The van der Waals surface area contributed by atoms with Gasteiger partial charge in [-0.25, -0.2) is 4.98 Å². The first-order valence-corrected chi connectivity index (χ1v) is 5.31. The molecule has 72 valence electrons. The van der Waals surface area contributed by atoms with Crippen LogP contribution in [0.3, 0.4) is 0 Å². The number of rotatable bonds is 3. The van der Waals surface area contributed by atoms with E-state index in [1.165, 1.54) is 0 Å². The highest BCUT2D eigenvalue weighted by atomic mass is 32.1. The molecule has 0 aromatic carbocycles. The van der Waals surface area contributed by atoms with Crippen molar-refractivity contribution in [2.75, 3.05) is 5.32 Å². The molecule has 2 heterocycles. The monoisotopic (exact) mass is 205 g/mol.